The van der Waals surface area contributed by atoms with Crippen LogP contribution in [0.5, 0.6) is 0 Å². The number of rotatable bonds is 5. The van der Waals surface area contributed by atoms with Crippen LogP contribution in [0.15, 0.2) is 24.3 Å². The molecule has 1 radical (unpaired) electrons. The average molecular weight is 258 g/mol. The van der Waals surface area contributed by atoms with Crippen molar-refractivity contribution in [2.45, 2.75) is 26.3 Å². The van der Waals surface area contributed by atoms with Gasteiger partial charge in [-0.25, -0.2) is 4.79 Å². The van der Waals surface area contributed by atoms with Crippen LogP contribution in [0.3, 0.4) is 0 Å². The predicted octanol–water partition coefficient (Wildman–Crippen LogP) is 1.85. The number of amides is 1. The van der Waals surface area contributed by atoms with Crippen LogP contribution in [0.25, 0.3) is 0 Å². The van der Waals surface area contributed by atoms with E-state index in [0.29, 0.717) is 17.5 Å². The second-order valence-corrected chi connectivity index (χ2v) is 4.38. The summed E-state index contributed by atoms with van der Waals surface area (Å²) in [6.45, 7) is 3.66. The van der Waals surface area contributed by atoms with E-state index in [4.69, 9.17) is 11.5 Å². The molecular weight excluding hydrogens is 242 g/mol. The first-order valence-electron chi connectivity index (χ1n) is 6.06. The number of carboxylic acids is 1. The van der Waals surface area contributed by atoms with E-state index in [0.717, 1.165) is 0 Å². The third-order valence-electron chi connectivity index (χ3n) is 3.06. The summed E-state index contributed by atoms with van der Waals surface area (Å²) >= 11 is 0. The van der Waals surface area contributed by atoms with Gasteiger partial charge in [0.1, 0.15) is 6.04 Å². The molecule has 0 saturated carbocycles. The molecule has 4 nitrogen and oxygen atoms in total. The molecule has 0 heterocycles. The zero-order valence-corrected chi connectivity index (χ0v) is 10.9. The minimum atomic E-state index is -1.04. The van der Waals surface area contributed by atoms with Crippen molar-refractivity contribution in [3.05, 3.63) is 41.8 Å². The maximum Gasteiger partial charge on any atom is 0.326 e. The maximum atomic E-state index is 11.9. The van der Waals surface area contributed by atoms with Crippen LogP contribution < -0.4 is 5.32 Å². The van der Waals surface area contributed by atoms with Crippen molar-refractivity contribution in [2.75, 3.05) is 0 Å². The van der Waals surface area contributed by atoms with Crippen LogP contribution >= 0.6 is 0 Å². The van der Waals surface area contributed by atoms with Crippen LogP contribution in [0, 0.1) is 18.3 Å². The van der Waals surface area contributed by atoms with Crippen LogP contribution in [0.4, 0.5) is 0 Å². The first-order chi connectivity index (χ1) is 8.99. The van der Waals surface area contributed by atoms with Crippen molar-refractivity contribution in [1.82, 2.24) is 5.32 Å². The lowest BCUT2D eigenvalue weighted by Gasteiger charge is -2.20. The normalized spacial score (nSPS) is 13.1. The van der Waals surface area contributed by atoms with E-state index in [1.54, 1.807) is 31.2 Å². The van der Waals surface area contributed by atoms with Gasteiger partial charge in [-0.2, -0.15) is 0 Å². The molecule has 2 unspecified atom stereocenters. The van der Waals surface area contributed by atoms with Gasteiger partial charge in [-0.3, -0.25) is 4.79 Å². The van der Waals surface area contributed by atoms with Crippen molar-refractivity contribution in [2.24, 2.45) is 5.92 Å². The first-order valence-corrected chi connectivity index (χ1v) is 6.06. The zero-order chi connectivity index (χ0) is 14.4. The fourth-order valence-electron chi connectivity index (χ4n) is 1.61. The van der Waals surface area contributed by atoms with Crippen LogP contribution in [0.1, 0.15) is 36.2 Å². The largest absolute Gasteiger partial charge is 0.480 e. The van der Waals surface area contributed by atoms with E-state index in [1.165, 1.54) is 0 Å². The molecule has 0 aromatic heterocycles. The fourth-order valence-corrected chi connectivity index (χ4v) is 1.61. The number of nitrogens with one attached hydrogen (secondary N) is 1. The molecule has 4 heteroatoms. The average Bonchev–Trinajstić information content (AvgIpc) is 2.43. The van der Waals surface area contributed by atoms with Gasteiger partial charge in [-0.05, 0) is 36.6 Å². The molecule has 1 rings (SSSR count). The Morgan fingerprint density at radius 2 is 1.95 bits per heavy atom. The number of hydrogen-bond acceptors (Lipinski definition) is 2. The van der Waals surface area contributed by atoms with Gasteiger partial charge in [0.2, 0.25) is 0 Å². The van der Waals surface area contributed by atoms with Gasteiger partial charge in [0.15, 0.2) is 0 Å². The van der Waals surface area contributed by atoms with Crippen molar-refractivity contribution in [3.8, 4) is 5.92 Å². The van der Waals surface area contributed by atoms with Gasteiger partial charge in [0.05, 0.1) is 0 Å². The lowest BCUT2D eigenvalue weighted by atomic mass is 9.99. The Morgan fingerprint density at radius 3 is 2.37 bits per heavy atom. The Kier molecular flexibility index (Phi) is 5.13. The van der Waals surface area contributed by atoms with Crippen LogP contribution in [-0.4, -0.2) is 23.0 Å². The zero-order valence-electron chi connectivity index (χ0n) is 10.9. The SMILES string of the molecule is [C]#Cc1ccc(C(=O)NC(C(=O)O)C(C)CC)cc1. The number of aliphatic carboxylic acids is 1. The van der Waals surface area contributed by atoms with Gasteiger partial charge >= 0.3 is 5.97 Å². The lowest BCUT2D eigenvalue weighted by molar-refractivity contribution is -0.140. The Bertz CT molecular complexity index is 499. The molecule has 19 heavy (non-hydrogen) atoms. The summed E-state index contributed by atoms with van der Waals surface area (Å²) in [5.41, 5.74) is 0.932. The quantitative estimate of drug-likeness (QED) is 0.792. The maximum absolute atomic E-state index is 11.9. The standard InChI is InChI=1S/C15H16NO3/c1-4-10(3)13(15(18)19)16-14(17)12-8-6-11(5-2)7-9-12/h6-10,13H,4H2,1,3H3,(H,16,17)(H,18,19). The number of carbonyl (C=O) groups excluding carboxylic acids is 1. The molecule has 2 N–H and O–H groups in total. The highest BCUT2D eigenvalue weighted by Gasteiger charge is 2.25. The second-order valence-electron chi connectivity index (χ2n) is 4.38. The third-order valence-corrected chi connectivity index (χ3v) is 3.06. The second kappa shape index (κ2) is 6.60. The lowest BCUT2D eigenvalue weighted by Crippen LogP contribution is -2.45. The molecule has 0 fully saturated rings. The Balaban J connectivity index is 2.82. The van der Waals surface area contributed by atoms with Crippen molar-refractivity contribution in [3.63, 3.8) is 0 Å². The molecule has 0 aliphatic carbocycles. The van der Waals surface area contributed by atoms with E-state index in [2.05, 4.69) is 11.2 Å². The van der Waals surface area contributed by atoms with E-state index in [1.807, 2.05) is 6.92 Å². The highest BCUT2D eigenvalue weighted by molar-refractivity contribution is 5.96. The Labute approximate surface area is 112 Å². The summed E-state index contributed by atoms with van der Waals surface area (Å²) in [6.07, 6.45) is 7.61. The minimum Gasteiger partial charge on any atom is -0.480 e. The van der Waals surface area contributed by atoms with Crippen molar-refractivity contribution >= 4 is 11.9 Å². The number of carbonyl (C=O) groups is 2. The van der Waals surface area contributed by atoms with Crippen LogP contribution in [0.2, 0.25) is 0 Å². The van der Waals surface area contributed by atoms with E-state index < -0.39 is 17.9 Å². The topological polar surface area (TPSA) is 66.4 Å². The molecular formula is C15H16NO3. The molecule has 0 spiro atoms. The molecule has 0 aliphatic heterocycles. The summed E-state index contributed by atoms with van der Waals surface area (Å²) in [5.74, 6) is 0.599. The highest BCUT2D eigenvalue weighted by Crippen LogP contribution is 2.10. The van der Waals surface area contributed by atoms with Crippen LogP contribution in [-0.2, 0) is 4.79 Å². The molecule has 99 valence electrons. The molecule has 2 atom stereocenters. The van der Waals surface area contributed by atoms with Gasteiger partial charge in [-0.1, -0.05) is 26.2 Å². The smallest absolute Gasteiger partial charge is 0.326 e. The third kappa shape index (κ3) is 3.85. The van der Waals surface area contributed by atoms with Gasteiger partial charge in [0.25, 0.3) is 5.91 Å². The van der Waals surface area contributed by atoms with E-state index in [-0.39, 0.29) is 5.92 Å². The molecule has 0 aliphatic rings. The minimum absolute atomic E-state index is 0.143. The summed E-state index contributed by atoms with van der Waals surface area (Å²) < 4.78 is 0. The molecule has 0 saturated heterocycles. The van der Waals surface area contributed by atoms with Gasteiger partial charge in [0, 0.05) is 11.1 Å². The number of carboxylic acid groups (broad SMARTS) is 1. The predicted molar refractivity (Wildman–Crippen MR) is 71.0 cm³/mol. The van der Waals surface area contributed by atoms with Gasteiger partial charge < -0.3 is 10.4 Å². The summed E-state index contributed by atoms with van der Waals surface area (Å²) in [5, 5.41) is 11.6. The summed E-state index contributed by atoms with van der Waals surface area (Å²) in [6, 6.07) is 5.36. The fraction of sp³-hybridized carbons (Fsp3) is 0.333. The highest BCUT2D eigenvalue weighted by atomic mass is 16.4. The Morgan fingerprint density at radius 1 is 1.37 bits per heavy atom. The molecule has 1 amide bonds. The van der Waals surface area contributed by atoms with Crippen molar-refractivity contribution < 1.29 is 14.7 Å². The van der Waals surface area contributed by atoms with E-state index >= 15 is 0 Å². The Hall–Kier alpha value is -2.28. The molecule has 0 bridgehead atoms. The number of benzene rings is 1. The number of hydrogen-bond donors (Lipinski definition) is 2. The van der Waals surface area contributed by atoms with Crippen molar-refractivity contribution in [1.29, 1.82) is 0 Å². The summed E-state index contributed by atoms with van der Waals surface area (Å²) in [4.78, 5) is 23.1. The first kappa shape index (κ1) is 14.8. The van der Waals surface area contributed by atoms with E-state index in [9.17, 15) is 9.59 Å². The molecule has 1 aromatic rings. The summed E-state index contributed by atoms with van der Waals surface area (Å²) in [7, 11) is 0. The monoisotopic (exact) mass is 258 g/mol. The molecule has 1 aromatic carbocycles. The van der Waals surface area contributed by atoms with Gasteiger partial charge in [-0.15, -0.1) is 0 Å².